The van der Waals surface area contributed by atoms with Gasteiger partial charge in [-0.25, -0.2) is 0 Å². The first kappa shape index (κ1) is 18.6. The van der Waals surface area contributed by atoms with Crippen LogP contribution in [0.1, 0.15) is 29.8 Å². The van der Waals surface area contributed by atoms with Gasteiger partial charge in [0.2, 0.25) is 0 Å². The van der Waals surface area contributed by atoms with Gasteiger partial charge in [0.1, 0.15) is 0 Å². The minimum atomic E-state index is -0.224. The number of carbonyl (C=O) groups is 2. The monoisotopic (exact) mass is 451 g/mol. The van der Waals surface area contributed by atoms with Gasteiger partial charge in [-0.1, -0.05) is 28.1 Å². The second-order valence-electron chi connectivity index (χ2n) is 8.21. The summed E-state index contributed by atoms with van der Waals surface area (Å²) in [6.07, 6.45) is 7.89. The number of carbonyl (C=O) groups excluding carboxylic acids is 2. The number of amides is 2. The minimum Gasteiger partial charge on any atom is -0.318 e. The van der Waals surface area contributed by atoms with Crippen LogP contribution in [0.15, 0.2) is 52.1 Å². The van der Waals surface area contributed by atoms with E-state index in [0.717, 1.165) is 45.0 Å². The predicted molar refractivity (Wildman–Crippen MR) is 115 cm³/mol. The number of halogens is 1. The Bertz CT molecular complexity index is 1030. The Hall–Kier alpha value is -2.47. The molecule has 2 aromatic rings. The fourth-order valence-electron chi connectivity index (χ4n) is 5.20. The molecule has 1 saturated carbocycles. The van der Waals surface area contributed by atoms with E-state index in [2.05, 4.69) is 37.8 Å². The van der Waals surface area contributed by atoms with E-state index < -0.39 is 0 Å². The summed E-state index contributed by atoms with van der Waals surface area (Å²) in [4.78, 5) is 25.8. The maximum atomic E-state index is 12.9. The molecule has 0 spiro atoms. The van der Waals surface area contributed by atoms with Crippen molar-refractivity contribution in [1.82, 2.24) is 9.58 Å². The van der Waals surface area contributed by atoms with Gasteiger partial charge in [-0.15, -0.1) is 0 Å². The molecule has 148 valence electrons. The van der Waals surface area contributed by atoms with Crippen molar-refractivity contribution in [3.05, 3.63) is 63.9 Å². The molecule has 5 nitrogen and oxygen atoms in total. The zero-order chi connectivity index (χ0) is 20.3. The van der Waals surface area contributed by atoms with E-state index in [1.807, 2.05) is 44.2 Å². The lowest BCUT2D eigenvalue weighted by Gasteiger charge is -2.37. The number of hydrazone groups is 1. The summed E-state index contributed by atoms with van der Waals surface area (Å²) < 4.78 is 3.17. The van der Waals surface area contributed by atoms with Crippen molar-refractivity contribution in [2.75, 3.05) is 0 Å². The maximum Gasteiger partial charge on any atom is 0.254 e. The molecule has 0 radical (unpaired) electrons. The summed E-state index contributed by atoms with van der Waals surface area (Å²) in [6.45, 7) is 4.06. The summed E-state index contributed by atoms with van der Waals surface area (Å²) in [6, 6.07) is 10.1. The molecular formula is C23H22BrN3O2. The van der Waals surface area contributed by atoms with Gasteiger partial charge in [0.25, 0.3) is 11.8 Å². The Morgan fingerprint density at radius 2 is 1.59 bits per heavy atom. The normalized spacial score (nSPS) is 28.0. The lowest BCUT2D eigenvalue weighted by molar-refractivity contribution is -0.140. The average Bonchev–Trinajstić information content (AvgIpc) is 3.16. The Morgan fingerprint density at radius 1 is 1.00 bits per heavy atom. The van der Waals surface area contributed by atoms with Crippen molar-refractivity contribution in [3.63, 3.8) is 0 Å². The van der Waals surface area contributed by atoms with Gasteiger partial charge in [0, 0.05) is 27.1 Å². The highest BCUT2D eigenvalue weighted by atomic mass is 79.9. The van der Waals surface area contributed by atoms with E-state index >= 15 is 0 Å². The third kappa shape index (κ3) is 2.84. The number of allylic oxidation sites excluding steroid dienone is 2. The number of rotatable bonds is 3. The van der Waals surface area contributed by atoms with Crippen LogP contribution in [-0.2, 0) is 9.59 Å². The van der Waals surface area contributed by atoms with Gasteiger partial charge in [-0.05, 0) is 68.9 Å². The lowest BCUT2D eigenvalue weighted by atomic mass is 9.63. The highest BCUT2D eigenvalue weighted by Crippen LogP contribution is 2.49. The smallest absolute Gasteiger partial charge is 0.254 e. The average molecular weight is 452 g/mol. The van der Waals surface area contributed by atoms with Gasteiger partial charge < -0.3 is 4.57 Å². The van der Waals surface area contributed by atoms with Crippen molar-refractivity contribution in [2.24, 2.45) is 28.8 Å². The molecule has 2 heterocycles. The van der Waals surface area contributed by atoms with Gasteiger partial charge in [-0.2, -0.15) is 10.1 Å². The van der Waals surface area contributed by atoms with Crippen molar-refractivity contribution in [2.45, 2.75) is 26.7 Å². The van der Waals surface area contributed by atoms with Crippen molar-refractivity contribution in [3.8, 4) is 5.69 Å². The van der Waals surface area contributed by atoms with Gasteiger partial charge in [0.15, 0.2) is 0 Å². The molecule has 6 rings (SSSR count). The first-order valence-corrected chi connectivity index (χ1v) is 10.8. The third-order valence-electron chi connectivity index (χ3n) is 6.60. The molecule has 0 unspecified atom stereocenters. The molecule has 1 saturated heterocycles. The van der Waals surface area contributed by atoms with Gasteiger partial charge in [0.05, 0.1) is 18.1 Å². The number of imide groups is 1. The topological polar surface area (TPSA) is 54.7 Å². The summed E-state index contributed by atoms with van der Waals surface area (Å²) in [7, 11) is 0. The van der Waals surface area contributed by atoms with Crippen LogP contribution in [0.2, 0.25) is 0 Å². The van der Waals surface area contributed by atoms with E-state index in [0.29, 0.717) is 0 Å². The number of hydrogen-bond acceptors (Lipinski definition) is 3. The van der Waals surface area contributed by atoms with Gasteiger partial charge >= 0.3 is 0 Å². The number of benzene rings is 1. The zero-order valence-corrected chi connectivity index (χ0v) is 18.0. The van der Waals surface area contributed by atoms with Gasteiger partial charge in [-0.3, -0.25) is 9.59 Å². The fourth-order valence-corrected chi connectivity index (χ4v) is 5.46. The van der Waals surface area contributed by atoms with Crippen LogP contribution in [-0.4, -0.2) is 27.6 Å². The molecule has 1 aromatic carbocycles. The third-order valence-corrected chi connectivity index (χ3v) is 7.13. The van der Waals surface area contributed by atoms with Crippen LogP contribution >= 0.6 is 15.9 Å². The number of hydrogen-bond donors (Lipinski definition) is 0. The predicted octanol–water partition coefficient (Wildman–Crippen LogP) is 4.39. The van der Waals surface area contributed by atoms with E-state index in [-0.39, 0.29) is 35.5 Å². The van der Waals surface area contributed by atoms with Crippen LogP contribution in [0.3, 0.4) is 0 Å². The first-order valence-electron chi connectivity index (χ1n) is 10.0. The standard InChI is InChI=1S/C23H22BrN3O2/c1-13-11-17(14(2)26(13)19-9-7-18(24)8-10-19)12-25-27-22(28)20-15-3-4-16(6-5-15)21(20)23(27)29/h3-4,7-12,15-16,20-21H,5-6H2,1-2H3/b25-12-/t15-,16-,20-,21+/m0/s1. The van der Waals surface area contributed by atoms with Crippen LogP contribution in [0.25, 0.3) is 5.69 Å². The van der Waals surface area contributed by atoms with E-state index in [4.69, 9.17) is 0 Å². The zero-order valence-electron chi connectivity index (χ0n) is 16.4. The highest BCUT2D eigenvalue weighted by molar-refractivity contribution is 9.10. The molecule has 3 aliphatic carbocycles. The molecule has 4 aliphatic rings. The van der Waals surface area contributed by atoms with Crippen molar-refractivity contribution >= 4 is 34.0 Å². The van der Waals surface area contributed by atoms with E-state index in [9.17, 15) is 9.59 Å². The largest absolute Gasteiger partial charge is 0.318 e. The highest BCUT2D eigenvalue weighted by Gasteiger charge is 2.56. The number of aromatic nitrogens is 1. The van der Waals surface area contributed by atoms with Crippen molar-refractivity contribution < 1.29 is 9.59 Å². The molecule has 1 aliphatic heterocycles. The summed E-state index contributed by atoms with van der Waals surface area (Å²) in [5.41, 5.74) is 4.06. The molecule has 4 atom stereocenters. The quantitative estimate of drug-likeness (QED) is 0.394. The summed E-state index contributed by atoms with van der Waals surface area (Å²) in [5.74, 6) is -0.362. The van der Waals surface area contributed by atoms with Crippen LogP contribution in [0.4, 0.5) is 0 Å². The first-order chi connectivity index (χ1) is 14.0. The number of fused-ring (bicyclic) bond motifs is 1. The van der Waals surface area contributed by atoms with E-state index in [1.54, 1.807) is 6.21 Å². The summed E-state index contributed by atoms with van der Waals surface area (Å²) in [5, 5.41) is 5.48. The van der Waals surface area contributed by atoms with Crippen LogP contribution in [0.5, 0.6) is 0 Å². The minimum absolute atomic E-state index is 0.142. The molecule has 2 bridgehead atoms. The second-order valence-corrected chi connectivity index (χ2v) is 9.13. The van der Waals surface area contributed by atoms with Crippen LogP contribution in [0, 0.1) is 37.5 Å². The Morgan fingerprint density at radius 3 is 2.14 bits per heavy atom. The molecule has 0 N–H and O–H groups in total. The maximum absolute atomic E-state index is 12.9. The number of aryl methyl sites for hydroxylation is 1. The Labute approximate surface area is 178 Å². The molecule has 1 aromatic heterocycles. The fraction of sp³-hybridized carbons (Fsp3) is 0.348. The molecule has 2 fully saturated rings. The molecule has 2 amide bonds. The lowest BCUT2D eigenvalue weighted by Crippen LogP contribution is -2.38. The molecular weight excluding hydrogens is 430 g/mol. The molecule has 6 heteroatoms. The second kappa shape index (κ2) is 6.80. The van der Waals surface area contributed by atoms with Crippen LogP contribution < -0.4 is 0 Å². The van der Waals surface area contributed by atoms with Crippen molar-refractivity contribution in [1.29, 1.82) is 0 Å². The Kier molecular flexibility index (Phi) is 4.35. The Balaban J connectivity index is 1.44. The molecule has 29 heavy (non-hydrogen) atoms. The SMILES string of the molecule is Cc1cc(/C=N\N2C(=O)[C@@H]3[C@H](C2=O)[C@H]2C=C[C@H]3CC2)c(C)n1-c1ccc(Br)cc1. The summed E-state index contributed by atoms with van der Waals surface area (Å²) >= 11 is 3.47. The van der Waals surface area contributed by atoms with E-state index in [1.165, 1.54) is 0 Å². The number of nitrogens with zero attached hydrogens (tertiary/aromatic N) is 3.